The van der Waals surface area contributed by atoms with Crippen LogP contribution in [0.25, 0.3) is 0 Å². The topological polar surface area (TPSA) is 18.5 Å². The van der Waals surface area contributed by atoms with Gasteiger partial charge in [-0.1, -0.05) is 18.2 Å². The summed E-state index contributed by atoms with van der Waals surface area (Å²) in [5.74, 6) is 1.53. The Morgan fingerprint density at radius 2 is 1.71 bits per heavy atom. The molecular formula is C10H12Cl2O2. The van der Waals surface area contributed by atoms with Crippen LogP contribution in [-0.2, 0) is 4.74 Å². The SMILES string of the molecule is ClCC(CCl)OCOc1ccccc1. The van der Waals surface area contributed by atoms with Crippen LogP contribution in [0, 0.1) is 0 Å². The van der Waals surface area contributed by atoms with Gasteiger partial charge in [0.1, 0.15) is 5.75 Å². The molecule has 0 atom stereocenters. The number of hydrogen-bond acceptors (Lipinski definition) is 2. The molecule has 0 unspecified atom stereocenters. The molecule has 1 aromatic rings. The quantitative estimate of drug-likeness (QED) is 0.557. The molecule has 0 aliphatic rings. The predicted molar refractivity (Wildman–Crippen MR) is 58.3 cm³/mol. The van der Waals surface area contributed by atoms with E-state index >= 15 is 0 Å². The Morgan fingerprint density at radius 1 is 1.07 bits per heavy atom. The van der Waals surface area contributed by atoms with Crippen LogP contribution in [-0.4, -0.2) is 24.7 Å². The number of para-hydroxylation sites is 1. The summed E-state index contributed by atoms with van der Waals surface area (Å²) in [5.41, 5.74) is 0. The molecule has 0 amide bonds. The second-order valence-electron chi connectivity index (χ2n) is 2.67. The lowest BCUT2D eigenvalue weighted by Gasteiger charge is -2.12. The van der Waals surface area contributed by atoms with E-state index in [9.17, 15) is 0 Å². The van der Waals surface area contributed by atoms with E-state index in [1.54, 1.807) is 0 Å². The summed E-state index contributed by atoms with van der Waals surface area (Å²) in [6.07, 6.45) is -0.151. The van der Waals surface area contributed by atoms with Crippen LogP contribution in [0.4, 0.5) is 0 Å². The van der Waals surface area contributed by atoms with Crippen molar-refractivity contribution in [1.29, 1.82) is 0 Å². The first-order chi connectivity index (χ1) is 6.86. The summed E-state index contributed by atoms with van der Waals surface area (Å²) >= 11 is 11.2. The number of alkyl halides is 2. The summed E-state index contributed by atoms with van der Waals surface area (Å²) in [5, 5.41) is 0. The maximum Gasteiger partial charge on any atom is 0.189 e. The van der Waals surface area contributed by atoms with E-state index in [4.69, 9.17) is 32.7 Å². The molecule has 0 bridgehead atoms. The lowest BCUT2D eigenvalue weighted by molar-refractivity contribution is -0.0171. The molecule has 0 aliphatic heterocycles. The van der Waals surface area contributed by atoms with Gasteiger partial charge >= 0.3 is 0 Å². The van der Waals surface area contributed by atoms with Crippen molar-refractivity contribution in [3.8, 4) is 5.75 Å². The van der Waals surface area contributed by atoms with Crippen molar-refractivity contribution in [2.75, 3.05) is 18.6 Å². The van der Waals surface area contributed by atoms with E-state index in [0.717, 1.165) is 5.75 Å². The van der Waals surface area contributed by atoms with Crippen molar-refractivity contribution in [1.82, 2.24) is 0 Å². The van der Waals surface area contributed by atoms with Gasteiger partial charge in [0.15, 0.2) is 6.79 Å². The first kappa shape index (κ1) is 11.6. The summed E-state index contributed by atoms with van der Waals surface area (Å²) < 4.78 is 10.6. The summed E-state index contributed by atoms with van der Waals surface area (Å²) in [7, 11) is 0. The van der Waals surface area contributed by atoms with Crippen LogP contribution in [0.5, 0.6) is 5.75 Å². The number of ether oxygens (including phenoxy) is 2. The number of rotatable bonds is 6. The average Bonchev–Trinajstić information content (AvgIpc) is 2.26. The fraction of sp³-hybridized carbons (Fsp3) is 0.400. The van der Waals surface area contributed by atoms with Crippen LogP contribution in [0.1, 0.15) is 0 Å². The highest BCUT2D eigenvalue weighted by Gasteiger charge is 2.05. The van der Waals surface area contributed by atoms with Gasteiger partial charge in [-0.2, -0.15) is 0 Å². The van der Waals surface area contributed by atoms with Crippen LogP contribution in [0.15, 0.2) is 30.3 Å². The first-order valence-corrected chi connectivity index (χ1v) is 5.35. The summed E-state index contributed by atoms with van der Waals surface area (Å²) in [6.45, 7) is 0.175. The molecule has 1 rings (SSSR count). The van der Waals surface area contributed by atoms with E-state index in [1.807, 2.05) is 30.3 Å². The fourth-order valence-corrected chi connectivity index (χ4v) is 1.35. The first-order valence-electron chi connectivity index (χ1n) is 4.28. The fourth-order valence-electron chi connectivity index (χ4n) is 0.845. The Bertz CT molecular complexity index is 237. The second kappa shape index (κ2) is 6.93. The summed E-state index contributed by atoms with van der Waals surface area (Å²) in [4.78, 5) is 0. The summed E-state index contributed by atoms with van der Waals surface area (Å²) in [6, 6.07) is 9.44. The third-order valence-electron chi connectivity index (χ3n) is 1.62. The van der Waals surface area contributed by atoms with Crippen LogP contribution >= 0.6 is 23.2 Å². The highest BCUT2D eigenvalue weighted by atomic mass is 35.5. The van der Waals surface area contributed by atoms with E-state index < -0.39 is 0 Å². The highest BCUT2D eigenvalue weighted by molar-refractivity contribution is 6.21. The monoisotopic (exact) mass is 234 g/mol. The van der Waals surface area contributed by atoms with Crippen molar-refractivity contribution < 1.29 is 9.47 Å². The number of hydrogen-bond donors (Lipinski definition) is 0. The van der Waals surface area contributed by atoms with Gasteiger partial charge in [0, 0.05) is 11.8 Å². The Balaban J connectivity index is 2.21. The molecule has 0 radical (unpaired) electrons. The van der Waals surface area contributed by atoms with Gasteiger partial charge in [0.2, 0.25) is 0 Å². The van der Waals surface area contributed by atoms with Gasteiger partial charge < -0.3 is 9.47 Å². The minimum atomic E-state index is -0.151. The zero-order valence-corrected chi connectivity index (χ0v) is 9.17. The normalized spacial score (nSPS) is 10.5. The largest absolute Gasteiger partial charge is 0.468 e. The third-order valence-corrected chi connectivity index (χ3v) is 2.31. The van der Waals surface area contributed by atoms with E-state index in [-0.39, 0.29) is 12.9 Å². The second-order valence-corrected chi connectivity index (χ2v) is 3.29. The van der Waals surface area contributed by atoms with Crippen molar-refractivity contribution in [3.63, 3.8) is 0 Å². The molecule has 0 heterocycles. The van der Waals surface area contributed by atoms with Crippen molar-refractivity contribution >= 4 is 23.2 Å². The van der Waals surface area contributed by atoms with Crippen molar-refractivity contribution in [2.24, 2.45) is 0 Å². The lowest BCUT2D eigenvalue weighted by atomic mass is 10.3. The van der Waals surface area contributed by atoms with Gasteiger partial charge in [0.05, 0.1) is 6.10 Å². The molecule has 4 heteroatoms. The standard InChI is InChI=1S/C10H12Cl2O2/c11-6-10(7-12)14-8-13-9-4-2-1-3-5-9/h1-5,10H,6-8H2. The zero-order valence-electron chi connectivity index (χ0n) is 7.66. The van der Waals surface area contributed by atoms with Gasteiger partial charge in [-0.25, -0.2) is 0 Å². The minimum Gasteiger partial charge on any atom is -0.468 e. The zero-order chi connectivity index (χ0) is 10.2. The lowest BCUT2D eigenvalue weighted by Crippen LogP contribution is -2.19. The third kappa shape index (κ3) is 4.18. The van der Waals surface area contributed by atoms with Crippen LogP contribution in [0.2, 0.25) is 0 Å². The van der Waals surface area contributed by atoms with Crippen molar-refractivity contribution in [3.05, 3.63) is 30.3 Å². The Morgan fingerprint density at radius 3 is 2.29 bits per heavy atom. The van der Waals surface area contributed by atoms with Crippen LogP contribution in [0.3, 0.4) is 0 Å². The Hall–Kier alpha value is -0.440. The van der Waals surface area contributed by atoms with Gasteiger partial charge in [-0.15, -0.1) is 23.2 Å². The molecule has 78 valence electrons. The van der Waals surface area contributed by atoms with Gasteiger partial charge in [0.25, 0.3) is 0 Å². The van der Waals surface area contributed by atoms with Gasteiger partial charge in [-0.3, -0.25) is 0 Å². The molecule has 0 saturated carbocycles. The van der Waals surface area contributed by atoms with Gasteiger partial charge in [-0.05, 0) is 12.1 Å². The molecule has 1 aromatic carbocycles. The average molecular weight is 235 g/mol. The number of halogens is 2. The Kier molecular flexibility index (Phi) is 5.76. The molecule has 0 fully saturated rings. The smallest absolute Gasteiger partial charge is 0.189 e. The molecule has 0 aliphatic carbocycles. The van der Waals surface area contributed by atoms with E-state index in [1.165, 1.54) is 0 Å². The molecule has 0 N–H and O–H groups in total. The highest BCUT2D eigenvalue weighted by Crippen LogP contribution is 2.08. The maximum atomic E-state index is 5.58. The molecule has 0 saturated heterocycles. The van der Waals surface area contributed by atoms with Crippen molar-refractivity contribution in [2.45, 2.75) is 6.10 Å². The predicted octanol–water partition coefficient (Wildman–Crippen LogP) is 2.89. The Labute approximate surface area is 93.7 Å². The molecule has 2 nitrogen and oxygen atoms in total. The van der Waals surface area contributed by atoms with E-state index in [0.29, 0.717) is 11.8 Å². The van der Waals surface area contributed by atoms with E-state index in [2.05, 4.69) is 0 Å². The molecule has 0 aromatic heterocycles. The molecule has 0 spiro atoms. The molecule has 14 heavy (non-hydrogen) atoms. The number of benzene rings is 1. The minimum absolute atomic E-state index is 0.151. The maximum absolute atomic E-state index is 5.58. The molecular weight excluding hydrogens is 223 g/mol. The van der Waals surface area contributed by atoms with Crippen LogP contribution < -0.4 is 4.74 Å².